The Labute approximate surface area is 131 Å². The summed E-state index contributed by atoms with van der Waals surface area (Å²) in [6.45, 7) is 1.97. The fourth-order valence-corrected chi connectivity index (χ4v) is 3.42. The van der Waals surface area contributed by atoms with Gasteiger partial charge in [-0.2, -0.15) is 0 Å². The number of benzene rings is 2. The number of nitrogens with zero attached hydrogens (tertiary/aromatic N) is 1. The van der Waals surface area contributed by atoms with Crippen molar-refractivity contribution in [2.75, 3.05) is 13.7 Å². The Hall–Kier alpha value is -1.87. The molecular weight excluding hydrogens is 274 g/mol. The zero-order valence-corrected chi connectivity index (χ0v) is 13.1. The number of likely N-dealkylation sites (tertiary alicyclic amines) is 1. The number of ether oxygens (including phenoxy) is 1. The van der Waals surface area contributed by atoms with Gasteiger partial charge in [-0.05, 0) is 35.7 Å². The van der Waals surface area contributed by atoms with Crippen molar-refractivity contribution < 1.29 is 9.53 Å². The predicted octanol–water partition coefficient (Wildman–Crippen LogP) is 3.76. The molecule has 1 fully saturated rings. The maximum absolute atomic E-state index is 11.6. The Kier molecular flexibility index (Phi) is 4.74. The normalized spacial score (nSPS) is 19.2. The van der Waals surface area contributed by atoms with E-state index in [1.54, 1.807) is 0 Å². The first-order chi connectivity index (χ1) is 10.8. The average Bonchev–Trinajstić information content (AvgIpc) is 2.57. The van der Waals surface area contributed by atoms with Gasteiger partial charge >= 0.3 is 5.97 Å². The molecule has 0 bridgehead atoms. The van der Waals surface area contributed by atoms with Crippen molar-refractivity contribution in [1.29, 1.82) is 0 Å². The summed E-state index contributed by atoms with van der Waals surface area (Å²) in [5.41, 5.74) is 1.34. The van der Waals surface area contributed by atoms with E-state index in [4.69, 9.17) is 4.74 Å². The van der Waals surface area contributed by atoms with Crippen molar-refractivity contribution in [2.45, 2.75) is 38.3 Å². The van der Waals surface area contributed by atoms with E-state index in [0.717, 1.165) is 19.5 Å². The Morgan fingerprint density at radius 3 is 2.86 bits per heavy atom. The van der Waals surface area contributed by atoms with Crippen LogP contribution in [0, 0.1) is 0 Å². The van der Waals surface area contributed by atoms with E-state index in [1.807, 2.05) is 0 Å². The minimum Gasteiger partial charge on any atom is -0.469 e. The second-order valence-corrected chi connectivity index (χ2v) is 6.04. The van der Waals surface area contributed by atoms with Crippen LogP contribution in [-0.2, 0) is 16.1 Å². The van der Waals surface area contributed by atoms with E-state index in [-0.39, 0.29) is 5.97 Å². The van der Waals surface area contributed by atoms with Gasteiger partial charge in [-0.25, -0.2) is 0 Å². The molecule has 0 aromatic heterocycles. The van der Waals surface area contributed by atoms with Crippen LogP contribution in [0.4, 0.5) is 0 Å². The smallest absolute Gasteiger partial charge is 0.307 e. The van der Waals surface area contributed by atoms with Gasteiger partial charge in [-0.1, -0.05) is 48.9 Å². The molecule has 116 valence electrons. The van der Waals surface area contributed by atoms with Crippen LogP contribution in [0.1, 0.15) is 31.2 Å². The molecule has 1 heterocycles. The summed E-state index contributed by atoms with van der Waals surface area (Å²) >= 11 is 0. The van der Waals surface area contributed by atoms with Crippen LogP contribution in [0.2, 0.25) is 0 Å². The Bertz CT molecular complexity index is 647. The van der Waals surface area contributed by atoms with Crippen LogP contribution in [0.5, 0.6) is 0 Å². The molecule has 0 radical (unpaired) electrons. The third-order valence-corrected chi connectivity index (χ3v) is 4.63. The van der Waals surface area contributed by atoms with Crippen molar-refractivity contribution in [3.8, 4) is 0 Å². The molecular formula is C19H23NO2. The number of esters is 1. The highest BCUT2D eigenvalue weighted by Gasteiger charge is 2.25. The van der Waals surface area contributed by atoms with E-state index in [1.165, 1.54) is 36.3 Å². The summed E-state index contributed by atoms with van der Waals surface area (Å²) in [6.07, 6.45) is 4.00. The second kappa shape index (κ2) is 6.93. The number of rotatable bonds is 4. The zero-order chi connectivity index (χ0) is 15.4. The van der Waals surface area contributed by atoms with E-state index >= 15 is 0 Å². The predicted molar refractivity (Wildman–Crippen MR) is 88.6 cm³/mol. The first kappa shape index (κ1) is 15.0. The molecule has 1 aliphatic heterocycles. The Balaban J connectivity index is 1.81. The first-order valence-electron chi connectivity index (χ1n) is 8.05. The number of methoxy groups -OCH3 is 1. The lowest BCUT2D eigenvalue weighted by Gasteiger charge is -2.35. The highest BCUT2D eigenvalue weighted by molar-refractivity contribution is 5.85. The van der Waals surface area contributed by atoms with E-state index in [2.05, 4.69) is 47.4 Å². The molecule has 2 aromatic carbocycles. The van der Waals surface area contributed by atoms with Crippen LogP contribution in [0.15, 0.2) is 42.5 Å². The van der Waals surface area contributed by atoms with Gasteiger partial charge in [0.25, 0.3) is 0 Å². The third kappa shape index (κ3) is 3.30. The summed E-state index contributed by atoms with van der Waals surface area (Å²) in [7, 11) is 1.47. The largest absolute Gasteiger partial charge is 0.469 e. The van der Waals surface area contributed by atoms with Gasteiger partial charge in [0.15, 0.2) is 0 Å². The highest BCUT2D eigenvalue weighted by atomic mass is 16.5. The number of hydrogen-bond donors (Lipinski definition) is 0. The molecule has 0 saturated carbocycles. The van der Waals surface area contributed by atoms with E-state index in [0.29, 0.717) is 12.5 Å². The van der Waals surface area contributed by atoms with Crippen LogP contribution >= 0.6 is 0 Å². The third-order valence-electron chi connectivity index (χ3n) is 4.63. The molecule has 2 aromatic rings. The van der Waals surface area contributed by atoms with Crippen LogP contribution in [0.3, 0.4) is 0 Å². The van der Waals surface area contributed by atoms with Gasteiger partial charge in [-0.15, -0.1) is 0 Å². The van der Waals surface area contributed by atoms with Crippen LogP contribution in [-0.4, -0.2) is 30.6 Å². The fourth-order valence-electron chi connectivity index (χ4n) is 3.42. The number of piperidine rings is 1. The molecule has 1 atom stereocenters. The number of carbonyl (C=O) groups excluding carboxylic acids is 1. The van der Waals surface area contributed by atoms with Crippen LogP contribution < -0.4 is 0 Å². The SMILES string of the molecule is COC(=O)CC1CCCCN1Cc1cccc2ccccc12. The number of hydrogen-bond acceptors (Lipinski definition) is 3. The lowest BCUT2D eigenvalue weighted by molar-refractivity contribution is -0.142. The topological polar surface area (TPSA) is 29.5 Å². The second-order valence-electron chi connectivity index (χ2n) is 6.04. The molecule has 3 nitrogen and oxygen atoms in total. The lowest BCUT2D eigenvalue weighted by atomic mass is 9.97. The molecule has 22 heavy (non-hydrogen) atoms. The molecule has 3 heteroatoms. The van der Waals surface area contributed by atoms with Crippen molar-refractivity contribution in [3.63, 3.8) is 0 Å². The van der Waals surface area contributed by atoms with Crippen LogP contribution in [0.25, 0.3) is 10.8 Å². The van der Waals surface area contributed by atoms with Gasteiger partial charge in [0.1, 0.15) is 0 Å². The zero-order valence-electron chi connectivity index (χ0n) is 13.1. The number of fused-ring (bicyclic) bond motifs is 1. The summed E-state index contributed by atoms with van der Waals surface area (Å²) in [5, 5.41) is 2.59. The summed E-state index contributed by atoms with van der Waals surface area (Å²) < 4.78 is 4.86. The molecule has 1 aliphatic rings. The minimum atomic E-state index is -0.102. The Morgan fingerprint density at radius 2 is 2.00 bits per heavy atom. The molecule has 0 spiro atoms. The van der Waals surface area contributed by atoms with Gasteiger partial charge in [-0.3, -0.25) is 9.69 Å². The standard InChI is InChI=1S/C19H23NO2/c1-22-19(21)13-17-10-4-5-12-20(17)14-16-9-6-8-15-7-2-3-11-18(15)16/h2-3,6-9,11,17H,4-5,10,12-14H2,1H3. The van der Waals surface area contributed by atoms with Crippen molar-refractivity contribution in [2.24, 2.45) is 0 Å². The summed E-state index contributed by atoms with van der Waals surface area (Å²) in [4.78, 5) is 14.1. The fraction of sp³-hybridized carbons (Fsp3) is 0.421. The minimum absolute atomic E-state index is 0.102. The molecule has 1 saturated heterocycles. The molecule has 1 unspecified atom stereocenters. The summed E-state index contributed by atoms with van der Waals surface area (Å²) in [6, 6.07) is 15.3. The van der Waals surface area contributed by atoms with Crippen molar-refractivity contribution >= 4 is 16.7 Å². The van der Waals surface area contributed by atoms with E-state index < -0.39 is 0 Å². The van der Waals surface area contributed by atoms with Crippen molar-refractivity contribution in [3.05, 3.63) is 48.0 Å². The van der Waals surface area contributed by atoms with E-state index in [9.17, 15) is 4.79 Å². The maximum atomic E-state index is 11.6. The highest BCUT2D eigenvalue weighted by Crippen LogP contribution is 2.25. The Morgan fingerprint density at radius 1 is 1.18 bits per heavy atom. The lowest BCUT2D eigenvalue weighted by Crippen LogP contribution is -2.40. The summed E-state index contributed by atoms with van der Waals surface area (Å²) in [5.74, 6) is -0.102. The van der Waals surface area contributed by atoms with Gasteiger partial charge in [0.05, 0.1) is 13.5 Å². The first-order valence-corrected chi connectivity index (χ1v) is 8.05. The molecule has 0 N–H and O–H groups in total. The maximum Gasteiger partial charge on any atom is 0.307 e. The van der Waals surface area contributed by atoms with Gasteiger partial charge in [0.2, 0.25) is 0 Å². The van der Waals surface area contributed by atoms with Gasteiger partial charge < -0.3 is 4.74 Å². The molecule has 0 aliphatic carbocycles. The average molecular weight is 297 g/mol. The quantitative estimate of drug-likeness (QED) is 0.805. The molecule has 0 amide bonds. The molecule has 3 rings (SSSR count). The van der Waals surface area contributed by atoms with Gasteiger partial charge in [0, 0.05) is 12.6 Å². The van der Waals surface area contributed by atoms with Crippen molar-refractivity contribution in [1.82, 2.24) is 4.90 Å². The number of carbonyl (C=O) groups is 1. The monoisotopic (exact) mass is 297 g/mol.